The lowest BCUT2D eigenvalue weighted by Gasteiger charge is -2.07. The van der Waals surface area contributed by atoms with Crippen LogP contribution in [-0.4, -0.2) is 59.7 Å². The van der Waals surface area contributed by atoms with Gasteiger partial charge in [-0.1, -0.05) is 0 Å². The number of fused-ring (bicyclic) bond motifs is 4. The van der Waals surface area contributed by atoms with E-state index in [1.165, 1.54) is 10.8 Å². The molecule has 0 saturated heterocycles. The third-order valence-corrected chi connectivity index (χ3v) is 5.26. The first-order chi connectivity index (χ1) is 16.2. The van der Waals surface area contributed by atoms with Gasteiger partial charge in [0.05, 0.1) is 24.1 Å². The molecule has 1 aromatic carbocycles. The Morgan fingerprint density at radius 3 is 2.91 bits per heavy atom. The number of benzene rings is 1. The van der Waals surface area contributed by atoms with Crippen LogP contribution in [0.2, 0.25) is 0 Å². The van der Waals surface area contributed by atoms with Crippen molar-refractivity contribution in [2.45, 2.75) is 13.0 Å². The number of pyridine rings is 1. The Morgan fingerprint density at radius 2 is 2.03 bits per heavy atom. The largest absolute Gasteiger partial charge is 0.490 e. The maximum absolute atomic E-state index is 13.1. The molecular formula is C21H18N8O4. The molecule has 0 amide bonds. The number of methoxy groups -OCH3 is 1. The minimum atomic E-state index is -0.322. The zero-order chi connectivity index (χ0) is 22.4. The molecule has 166 valence electrons. The summed E-state index contributed by atoms with van der Waals surface area (Å²) in [6, 6.07) is 7.33. The number of nitrogens with zero attached hydrogens (tertiary/aromatic N) is 7. The van der Waals surface area contributed by atoms with E-state index in [-0.39, 0.29) is 18.1 Å². The van der Waals surface area contributed by atoms with Gasteiger partial charge in [0.2, 0.25) is 0 Å². The van der Waals surface area contributed by atoms with Gasteiger partial charge in [-0.25, -0.2) is 9.55 Å². The molecule has 5 aromatic rings. The van der Waals surface area contributed by atoms with Crippen LogP contribution in [0.5, 0.6) is 11.5 Å². The maximum atomic E-state index is 13.1. The van der Waals surface area contributed by atoms with Crippen molar-refractivity contribution in [1.82, 2.24) is 39.3 Å². The molecule has 12 nitrogen and oxygen atoms in total. The van der Waals surface area contributed by atoms with Gasteiger partial charge in [-0.3, -0.25) is 9.89 Å². The molecule has 6 rings (SSSR count). The van der Waals surface area contributed by atoms with Crippen molar-refractivity contribution in [3.8, 4) is 28.8 Å². The number of ether oxygens (including phenoxy) is 3. The van der Waals surface area contributed by atoms with Crippen LogP contribution >= 0.6 is 0 Å². The second-order valence-electron chi connectivity index (χ2n) is 7.42. The molecule has 0 fully saturated rings. The third kappa shape index (κ3) is 3.27. The van der Waals surface area contributed by atoms with Gasteiger partial charge >= 0.3 is 0 Å². The lowest BCUT2D eigenvalue weighted by Crippen LogP contribution is -2.20. The zero-order valence-electron chi connectivity index (χ0n) is 17.6. The van der Waals surface area contributed by atoms with Crippen molar-refractivity contribution in [2.75, 3.05) is 20.3 Å². The van der Waals surface area contributed by atoms with Crippen LogP contribution in [0.1, 0.15) is 12.2 Å². The van der Waals surface area contributed by atoms with Gasteiger partial charge in [0.15, 0.2) is 23.1 Å². The van der Waals surface area contributed by atoms with Crippen LogP contribution in [0.4, 0.5) is 0 Å². The van der Waals surface area contributed by atoms with Gasteiger partial charge in [-0.05, 0) is 24.3 Å². The fourth-order valence-corrected chi connectivity index (χ4v) is 3.70. The van der Waals surface area contributed by atoms with E-state index in [0.29, 0.717) is 53.0 Å². The Labute approximate surface area is 185 Å². The predicted octanol–water partition coefficient (Wildman–Crippen LogP) is 1.52. The number of hydrogen-bond donors (Lipinski definition) is 1. The Bertz CT molecular complexity index is 1550. The first-order valence-electron chi connectivity index (χ1n) is 10.3. The fraction of sp³-hybridized carbons (Fsp3) is 0.238. The van der Waals surface area contributed by atoms with E-state index < -0.39 is 0 Å². The summed E-state index contributed by atoms with van der Waals surface area (Å²) in [4.78, 5) is 26.3. The molecule has 1 aliphatic heterocycles. The smallest absolute Gasteiger partial charge is 0.268 e. The highest BCUT2D eigenvalue weighted by Crippen LogP contribution is 2.33. The number of aromatic nitrogens is 8. The number of nitrogens with one attached hydrogen (secondary N) is 1. The van der Waals surface area contributed by atoms with E-state index in [4.69, 9.17) is 14.2 Å². The maximum Gasteiger partial charge on any atom is 0.268 e. The van der Waals surface area contributed by atoms with Gasteiger partial charge in [-0.2, -0.15) is 14.5 Å². The molecule has 4 aromatic heterocycles. The summed E-state index contributed by atoms with van der Waals surface area (Å²) >= 11 is 0. The average molecular weight is 446 g/mol. The number of aromatic amines is 1. The lowest BCUT2D eigenvalue weighted by atomic mass is 10.2. The van der Waals surface area contributed by atoms with Gasteiger partial charge in [0.1, 0.15) is 6.61 Å². The highest BCUT2D eigenvalue weighted by atomic mass is 16.5. The molecule has 0 atom stereocenters. The van der Waals surface area contributed by atoms with Crippen molar-refractivity contribution in [1.29, 1.82) is 0 Å². The van der Waals surface area contributed by atoms with Crippen molar-refractivity contribution < 1.29 is 14.2 Å². The monoisotopic (exact) mass is 446 g/mol. The molecule has 1 aliphatic rings. The summed E-state index contributed by atoms with van der Waals surface area (Å²) in [5.41, 5.74) is 1.01. The van der Waals surface area contributed by atoms with E-state index in [0.717, 1.165) is 12.0 Å². The highest BCUT2D eigenvalue weighted by molar-refractivity contribution is 5.79. The average Bonchev–Trinajstić information content (AvgIpc) is 3.40. The molecule has 5 heterocycles. The number of hydrogen-bond acceptors (Lipinski definition) is 9. The zero-order valence-corrected chi connectivity index (χ0v) is 17.6. The second-order valence-corrected chi connectivity index (χ2v) is 7.42. The van der Waals surface area contributed by atoms with E-state index in [1.807, 2.05) is 18.2 Å². The van der Waals surface area contributed by atoms with Crippen molar-refractivity contribution in [3.05, 3.63) is 52.8 Å². The summed E-state index contributed by atoms with van der Waals surface area (Å²) < 4.78 is 19.4. The van der Waals surface area contributed by atoms with Gasteiger partial charge < -0.3 is 14.2 Å². The van der Waals surface area contributed by atoms with Crippen LogP contribution in [-0.2, 0) is 11.3 Å². The topological polar surface area (TPSA) is 134 Å². The molecule has 0 spiro atoms. The van der Waals surface area contributed by atoms with Gasteiger partial charge in [0, 0.05) is 31.5 Å². The third-order valence-electron chi connectivity index (χ3n) is 5.26. The van der Waals surface area contributed by atoms with Crippen LogP contribution in [0.15, 0.2) is 41.5 Å². The summed E-state index contributed by atoms with van der Waals surface area (Å²) in [7, 11) is 1.56. The van der Waals surface area contributed by atoms with Crippen molar-refractivity contribution in [2.24, 2.45) is 0 Å². The van der Waals surface area contributed by atoms with Gasteiger partial charge in [-0.15, -0.1) is 10.2 Å². The molecule has 0 aliphatic carbocycles. The molecule has 0 saturated carbocycles. The minimum Gasteiger partial charge on any atom is -0.490 e. The van der Waals surface area contributed by atoms with E-state index in [2.05, 4.69) is 30.2 Å². The van der Waals surface area contributed by atoms with Crippen LogP contribution in [0.25, 0.3) is 34.0 Å². The summed E-state index contributed by atoms with van der Waals surface area (Å²) in [6.45, 7) is 1.47. The first kappa shape index (κ1) is 19.4. The minimum absolute atomic E-state index is 0.223. The molecule has 0 bridgehead atoms. The van der Waals surface area contributed by atoms with E-state index >= 15 is 0 Å². The van der Waals surface area contributed by atoms with Crippen LogP contribution in [0.3, 0.4) is 0 Å². The Hall–Kier alpha value is -4.32. The normalized spacial score (nSPS) is 13.5. The molecule has 0 unspecified atom stereocenters. The van der Waals surface area contributed by atoms with Crippen LogP contribution in [0, 0.1) is 0 Å². The summed E-state index contributed by atoms with van der Waals surface area (Å²) in [6.07, 6.45) is 3.91. The Kier molecular flexibility index (Phi) is 4.50. The molecule has 33 heavy (non-hydrogen) atoms. The molecule has 12 heteroatoms. The lowest BCUT2D eigenvalue weighted by molar-refractivity contribution is 0.178. The number of rotatable bonds is 4. The summed E-state index contributed by atoms with van der Waals surface area (Å²) in [5, 5.41) is 11.8. The molecular weight excluding hydrogens is 428 g/mol. The number of H-pyrrole nitrogens is 1. The van der Waals surface area contributed by atoms with Gasteiger partial charge in [0.25, 0.3) is 17.3 Å². The van der Waals surface area contributed by atoms with Crippen LogP contribution < -0.4 is 15.0 Å². The van der Waals surface area contributed by atoms with Crippen molar-refractivity contribution >= 4 is 16.7 Å². The Balaban J connectivity index is 1.44. The first-order valence-corrected chi connectivity index (χ1v) is 10.3. The molecule has 0 radical (unpaired) electrons. The predicted molar refractivity (Wildman–Crippen MR) is 116 cm³/mol. The standard InChI is InChI=1S/C21H18N8O4/c1-31-11-17-23-21(26-25-17)28-6-5-14-13(19(28)30)10-22-20-24-18(27-29(14)20)12-3-4-15-16(9-12)33-8-2-7-32-15/h3-6,9-10H,2,7-8,11H2,1H3,(H,23,25,26). The van der Waals surface area contributed by atoms with E-state index in [9.17, 15) is 4.79 Å². The SMILES string of the molecule is COCc1nc(-n2ccc3c(cnc4nc(-c5ccc6c(c5)OCCCO6)nn43)c2=O)n[nH]1. The molecule has 1 N–H and O–H groups in total. The van der Waals surface area contributed by atoms with Crippen molar-refractivity contribution in [3.63, 3.8) is 0 Å². The second kappa shape index (κ2) is 7.67. The van der Waals surface area contributed by atoms with E-state index in [1.54, 1.807) is 23.9 Å². The summed E-state index contributed by atoms with van der Waals surface area (Å²) in [5.74, 6) is 2.94. The fourth-order valence-electron chi connectivity index (χ4n) is 3.70. The highest BCUT2D eigenvalue weighted by Gasteiger charge is 2.17. The Morgan fingerprint density at radius 1 is 1.15 bits per heavy atom. The quantitative estimate of drug-likeness (QED) is 0.436.